The van der Waals surface area contributed by atoms with Crippen LogP contribution in [0.2, 0.25) is 0 Å². The Bertz CT molecular complexity index is 580. The number of hydrogen-bond donors (Lipinski definition) is 1. The Labute approximate surface area is 122 Å². The van der Waals surface area contributed by atoms with E-state index in [0.29, 0.717) is 0 Å². The van der Waals surface area contributed by atoms with Crippen LogP contribution in [0.15, 0.2) is 0 Å². The molecule has 0 bridgehead atoms. The van der Waals surface area contributed by atoms with Crippen LogP contribution in [0.5, 0.6) is 0 Å². The first-order valence-corrected chi connectivity index (χ1v) is 6.83. The first-order valence-electron chi connectivity index (χ1n) is 6.83. The molecule has 9 heteroatoms. The molecule has 0 aromatic carbocycles. The highest BCUT2D eigenvalue weighted by Gasteiger charge is 2.44. The van der Waals surface area contributed by atoms with E-state index in [1.807, 2.05) is 0 Å². The van der Waals surface area contributed by atoms with Crippen molar-refractivity contribution in [3.63, 3.8) is 0 Å². The van der Waals surface area contributed by atoms with Crippen molar-refractivity contribution in [1.29, 1.82) is 0 Å². The van der Waals surface area contributed by atoms with Crippen molar-refractivity contribution >= 4 is 5.97 Å². The van der Waals surface area contributed by atoms with Crippen LogP contribution in [0.3, 0.4) is 0 Å². The molecule has 1 fully saturated rings. The van der Waals surface area contributed by atoms with Gasteiger partial charge in [-0.05, 0) is 18.8 Å². The SMILES string of the molecule is CCc1nn(CC2CCC(F)(F)C2)c(C(=O)O)c1C(F)(F)F. The molecular formula is C13H15F5N2O2. The van der Waals surface area contributed by atoms with E-state index < -0.39 is 41.7 Å². The number of rotatable bonds is 4. The average Bonchev–Trinajstić information content (AvgIpc) is 2.89. The number of hydrogen-bond acceptors (Lipinski definition) is 2. The van der Waals surface area contributed by atoms with Gasteiger partial charge in [0.1, 0.15) is 5.56 Å². The summed E-state index contributed by atoms with van der Waals surface area (Å²) in [4.78, 5) is 11.2. The molecule has 1 aliphatic rings. The third kappa shape index (κ3) is 3.22. The molecule has 1 unspecified atom stereocenters. The third-order valence-electron chi connectivity index (χ3n) is 3.78. The normalized spacial score (nSPS) is 21.3. The van der Waals surface area contributed by atoms with Gasteiger partial charge in [-0.3, -0.25) is 4.68 Å². The Morgan fingerprint density at radius 1 is 1.45 bits per heavy atom. The predicted octanol–water partition coefficient (Wildman–Crippen LogP) is 3.60. The predicted molar refractivity (Wildman–Crippen MR) is 65.9 cm³/mol. The molecule has 1 heterocycles. The molecule has 22 heavy (non-hydrogen) atoms. The number of carboxylic acid groups (broad SMARTS) is 1. The van der Waals surface area contributed by atoms with Crippen LogP contribution in [-0.2, 0) is 19.1 Å². The largest absolute Gasteiger partial charge is 0.477 e. The summed E-state index contributed by atoms with van der Waals surface area (Å²) >= 11 is 0. The average molecular weight is 326 g/mol. The smallest absolute Gasteiger partial charge is 0.420 e. The van der Waals surface area contributed by atoms with Crippen molar-refractivity contribution in [1.82, 2.24) is 9.78 Å². The number of aromatic nitrogens is 2. The minimum atomic E-state index is -4.85. The molecule has 0 amide bonds. The van der Waals surface area contributed by atoms with E-state index in [9.17, 15) is 26.7 Å². The molecule has 1 saturated carbocycles. The van der Waals surface area contributed by atoms with Gasteiger partial charge in [-0.15, -0.1) is 0 Å². The molecule has 4 nitrogen and oxygen atoms in total. The summed E-state index contributed by atoms with van der Waals surface area (Å²) in [5.74, 6) is -5.19. The van der Waals surface area contributed by atoms with Crippen LogP contribution in [-0.4, -0.2) is 26.8 Å². The van der Waals surface area contributed by atoms with Gasteiger partial charge in [-0.25, -0.2) is 13.6 Å². The van der Waals surface area contributed by atoms with E-state index in [4.69, 9.17) is 5.11 Å². The van der Waals surface area contributed by atoms with Crippen LogP contribution < -0.4 is 0 Å². The van der Waals surface area contributed by atoms with E-state index in [0.717, 1.165) is 4.68 Å². The van der Waals surface area contributed by atoms with Gasteiger partial charge < -0.3 is 5.11 Å². The summed E-state index contributed by atoms with van der Waals surface area (Å²) < 4.78 is 66.3. The third-order valence-corrected chi connectivity index (χ3v) is 3.78. The Balaban J connectivity index is 2.40. The van der Waals surface area contributed by atoms with Gasteiger partial charge in [0.25, 0.3) is 0 Å². The second kappa shape index (κ2) is 5.51. The highest BCUT2D eigenvalue weighted by atomic mass is 19.4. The summed E-state index contributed by atoms with van der Waals surface area (Å²) in [6, 6.07) is 0. The molecule has 124 valence electrons. The van der Waals surface area contributed by atoms with Crippen molar-refractivity contribution in [2.75, 3.05) is 0 Å². The number of aromatic carboxylic acids is 1. The minimum absolute atomic E-state index is 0.0943. The fraction of sp³-hybridized carbons (Fsp3) is 0.692. The maximum absolute atomic E-state index is 13.2. The van der Waals surface area contributed by atoms with Gasteiger partial charge in [-0.2, -0.15) is 18.3 Å². The lowest BCUT2D eigenvalue weighted by molar-refractivity contribution is -0.138. The first-order chi connectivity index (χ1) is 10.0. The second-order valence-electron chi connectivity index (χ2n) is 5.47. The van der Waals surface area contributed by atoms with Gasteiger partial charge >= 0.3 is 12.1 Å². The van der Waals surface area contributed by atoms with E-state index in [2.05, 4.69) is 5.10 Å². The van der Waals surface area contributed by atoms with Crippen molar-refractivity contribution < 1.29 is 31.9 Å². The van der Waals surface area contributed by atoms with E-state index >= 15 is 0 Å². The van der Waals surface area contributed by atoms with Crippen LogP contribution in [0.1, 0.15) is 47.9 Å². The molecule has 1 atom stereocenters. The first kappa shape index (κ1) is 16.7. The fourth-order valence-corrected chi connectivity index (χ4v) is 2.85. The van der Waals surface area contributed by atoms with Gasteiger partial charge in [0.05, 0.1) is 5.69 Å². The molecule has 0 spiro atoms. The molecular weight excluding hydrogens is 311 g/mol. The number of halogens is 5. The summed E-state index contributed by atoms with van der Waals surface area (Å²) in [6.07, 6.45) is -5.61. The zero-order chi connectivity index (χ0) is 16.7. The minimum Gasteiger partial charge on any atom is -0.477 e. The summed E-state index contributed by atoms with van der Waals surface area (Å²) in [6.45, 7) is 1.18. The van der Waals surface area contributed by atoms with Crippen molar-refractivity contribution in [3.05, 3.63) is 17.0 Å². The molecule has 1 N–H and O–H groups in total. The lowest BCUT2D eigenvalue weighted by atomic mass is 10.1. The molecule has 0 saturated heterocycles. The highest BCUT2D eigenvalue weighted by Crippen LogP contribution is 2.40. The van der Waals surface area contributed by atoms with E-state index in [1.165, 1.54) is 6.92 Å². The Morgan fingerprint density at radius 2 is 2.09 bits per heavy atom. The number of carboxylic acids is 1. The number of nitrogens with zero attached hydrogens (tertiary/aromatic N) is 2. The van der Waals surface area contributed by atoms with Crippen LogP contribution in [0, 0.1) is 5.92 Å². The van der Waals surface area contributed by atoms with Gasteiger partial charge in [0.15, 0.2) is 5.69 Å². The molecule has 1 aromatic heterocycles. The van der Waals surface area contributed by atoms with Crippen LogP contribution in [0.25, 0.3) is 0 Å². The molecule has 1 aromatic rings. The maximum atomic E-state index is 13.2. The van der Waals surface area contributed by atoms with E-state index in [1.54, 1.807) is 0 Å². The Kier molecular flexibility index (Phi) is 4.18. The number of carbonyl (C=O) groups is 1. The monoisotopic (exact) mass is 326 g/mol. The lowest BCUT2D eigenvalue weighted by Gasteiger charge is -2.13. The zero-order valence-electron chi connectivity index (χ0n) is 11.8. The van der Waals surface area contributed by atoms with Crippen LogP contribution >= 0.6 is 0 Å². The Morgan fingerprint density at radius 3 is 2.50 bits per heavy atom. The molecule has 0 aliphatic heterocycles. The molecule has 2 rings (SSSR count). The number of aryl methyl sites for hydroxylation is 1. The zero-order valence-corrected chi connectivity index (χ0v) is 11.8. The molecule has 1 aliphatic carbocycles. The number of alkyl halides is 5. The van der Waals surface area contributed by atoms with Crippen LogP contribution in [0.4, 0.5) is 22.0 Å². The van der Waals surface area contributed by atoms with Gasteiger partial charge in [0.2, 0.25) is 5.92 Å². The lowest BCUT2D eigenvalue weighted by Crippen LogP contribution is -2.19. The second-order valence-corrected chi connectivity index (χ2v) is 5.47. The maximum Gasteiger partial charge on any atom is 0.420 e. The molecule has 0 radical (unpaired) electrons. The summed E-state index contributed by atoms with van der Waals surface area (Å²) in [5, 5.41) is 12.8. The fourth-order valence-electron chi connectivity index (χ4n) is 2.85. The summed E-state index contributed by atoms with van der Waals surface area (Å²) in [5.41, 5.74) is -2.64. The Hall–Kier alpha value is -1.67. The van der Waals surface area contributed by atoms with Crippen molar-refractivity contribution in [2.45, 2.75) is 51.3 Å². The standard InChI is InChI=1S/C13H15F5N2O2/c1-2-8-9(13(16,17)18)10(11(21)22)20(19-8)6-7-3-4-12(14,15)5-7/h7H,2-6H2,1H3,(H,21,22). The van der Waals surface area contributed by atoms with Gasteiger partial charge in [0, 0.05) is 19.4 Å². The van der Waals surface area contributed by atoms with Gasteiger partial charge in [-0.1, -0.05) is 6.92 Å². The highest BCUT2D eigenvalue weighted by molar-refractivity contribution is 5.88. The van der Waals surface area contributed by atoms with Crippen molar-refractivity contribution in [2.24, 2.45) is 5.92 Å². The van der Waals surface area contributed by atoms with E-state index in [-0.39, 0.29) is 31.5 Å². The summed E-state index contributed by atoms with van der Waals surface area (Å²) in [7, 11) is 0. The topological polar surface area (TPSA) is 55.1 Å². The van der Waals surface area contributed by atoms with Crippen molar-refractivity contribution in [3.8, 4) is 0 Å². The quantitative estimate of drug-likeness (QED) is 0.860.